The predicted octanol–water partition coefficient (Wildman–Crippen LogP) is 8.14. The van der Waals surface area contributed by atoms with E-state index in [1.165, 1.54) is 69.7 Å². The molecule has 0 aliphatic rings. The van der Waals surface area contributed by atoms with Crippen LogP contribution in [0.3, 0.4) is 0 Å². The SMILES string of the molecule is CCCCCCCCCCCCn1c(/C=C/c2ccc(OC)cc2)nc2ccccc21. The third-order valence-electron chi connectivity index (χ3n) is 5.96. The van der Waals surface area contributed by atoms with Crippen LogP contribution in [0, 0.1) is 0 Å². The molecule has 1 heterocycles. The molecular weight excluding hydrogens is 380 g/mol. The van der Waals surface area contributed by atoms with Gasteiger partial charge < -0.3 is 9.30 Å². The molecule has 3 rings (SSSR count). The molecule has 0 aliphatic heterocycles. The molecule has 3 heteroatoms. The highest BCUT2D eigenvalue weighted by Crippen LogP contribution is 2.20. The minimum absolute atomic E-state index is 0.880. The Morgan fingerprint density at radius 3 is 2.10 bits per heavy atom. The average Bonchev–Trinajstić information content (AvgIpc) is 3.16. The van der Waals surface area contributed by atoms with Crippen LogP contribution in [0.2, 0.25) is 0 Å². The topological polar surface area (TPSA) is 27.1 Å². The van der Waals surface area contributed by atoms with Gasteiger partial charge in [0, 0.05) is 6.54 Å². The molecule has 31 heavy (non-hydrogen) atoms. The maximum Gasteiger partial charge on any atom is 0.133 e. The zero-order valence-electron chi connectivity index (χ0n) is 19.4. The second kappa shape index (κ2) is 13.0. The molecule has 166 valence electrons. The quantitative estimate of drug-likeness (QED) is 0.247. The molecule has 0 fully saturated rings. The van der Waals surface area contributed by atoms with Gasteiger partial charge in [0.05, 0.1) is 18.1 Å². The van der Waals surface area contributed by atoms with Crippen molar-refractivity contribution >= 4 is 23.2 Å². The van der Waals surface area contributed by atoms with E-state index in [-0.39, 0.29) is 0 Å². The molecule has 0 N–H and O–H groups in total. The van der Waals surface area contributed by atoms with Crippen LogP contribution in [0.4, 0.5) is 0 Å². The molecule has 3 nitrogen and oxygen atoms in total. The number of benzene rings is 2. The van der Waals surface area contributed by atoms with Gasteiger partial charge in [-0.15, -0.1) is 0 Å². The first-order valence-electron chi connectivity index (χ1n) is 12.1. The zero-order chi connectivity index (χ0) is 21.7. The number of fused-ring (bicyclic) bond motifs is 1. The smallest absolute Gasteiger partial charge is 0.133 e. The Morgan fingerprint density at radius 2 is 1.42 bits per heavy atom. The largest absolute Gasteiger partial charge is 0.497 e. The van der Waals surface area contributed by atoms with E-state index in [4.69, 9.17) is 9.72 Å². The summed E-state index contributed by atoms with van der Waals surface area (Å²) in [7, 11) is 1.70. The average molecular weight is 419 g/mol. The summed E-state index contributed by atoms with van der Waals surface area (Å²) >= 11 is 0. The van der Waals surface area contributed by atoms with Crippen LogP contribution in [-0.2, 0) is 6.54 Å². The van der Waals surface area contributed by atoms with Crippen molar-refractivity contribution in [1.82, 2.24) is 9.55 Å². The highest BCUT2D eigenvalue weighted by Gasteiger charge is 2.08. The first-order valence-corrected chi connectivity index (χ1v) is 12.1. The second-order valence-corrected chi connectivity index (χ2v) is 8.40. The van der Waals surface area contributed by atoms with Gasteiger partial charge in [0.2, 0.25) is 0 Å². The summed E-state index contributed by atoms with van der Waals surface area (Å²) < 4.78 is 7.63. The highest BCUT2D eigenvalue weighted by atomic mass is 16.5. The number of nitrogens with zero attached hydrogens (tertiary/aromatic N) is 2. The normalized spacial score (nSPS) is 11.5. The summed E-state index contributed by atoms with van der Waals surface area (Å²) in [6.45, 7) is 3.31. The van der Waals surface area contributed by atoms with E-state index in [1.54, 1.807) is 7.11 Å². The lowest BCUT2D eigenvalue weighted by atomic mass is 10.1. The van der Waals surface area contributed by atoms with E-state index < -0.39 is 0 Å². The fourth-order valence-electron chi connectivity index (χ4n) is 4.10. The summed E-state index contributed by atoms with van der Waals surface area (Å²) in [5.74, 6) is 1.92. The molecule has 0 radical (unpaired) electrons. The number of hydrogen-bond acceptors (Lipinski definition) is 2. The molecular formula is C28H38N2O. The maximum atomic E-state index is 5.25. The third-order valence-corrected chi connectivity index (χ3v) is 5.96. The van der Waals surface area contributed by atoms with Gasteiger partial charge >= 0.3 is 0 Å². The van der Waals surface area contributed by atoms with E-state index in [9.17, 15) is 0 Å². The van der Waals surface area contributed by atoms with Gasteiger partial charge in [0.15, 0.2) is 0 Å². The first-order chi connectivity index (χ1) is 15.3. The zero-order valence-corrected chi connectivity index (χ0v) is 19.4. The molecule has 0 bridgehead atoms. The molecule has 2 aromatic carbocycles. The second-order valence-electron chi connectivity index (χ2n) is 8.40. The molecule has 0 atom stereocenters. The van der Waals surface area contributed by atoms with Crippen molar-refractivity contribution in [3.63, 3.8) is 0 Å². The fraction of sp³-hybridized carbons (Fsp3) is 0.464. The fourth-order valence-corrected chi connectivity index (χ4v) is 4.10. The number of hydrogen-bond donors (Lipinski definition) is 0. The number of aryl methyl sites for hydroxylation is 1. The van der Waals surface area contributed by atoms with E-state index >= 15 is 0 Å². The third kappa shape index (κ3) is 7.27. The van der Waals surface area contributed by atoms with E-state index in [2.05, 4.69) is 60.0 Å². The Hall–Kier alpha value is -2.55. The van der Waals surface area contributed by atoms with E-state index in [0.717, 1.165) is 29.2 Å². The lowest BCUT2D eigenvalue weighted by Crippen LogP contribution is -2.00. The summed E-state index contributed by atoms with van der Waals surface area (Å²) in [4.78, 5) is 4.88. The van der Waals surface area contributed by atoms with Crippen molar-refractivity contribution < 1.29 is 4.74 Å². The van der Waals surface area contributed by atoms with Crippen molar-refractivity contribution in [2.45, 2.75) is 77.7 Å². The number of para-hydroxylation sites is 2. The Bertz CT molecular complexity index is 924. The molecule has 0 aliphatic carbocycles. The Morgan fingerprint density at radius 1 is 0.774 bits per heavy atom. The monoisotopic (exact) mass is 418 g/mol. The molecule has 1 aromatic heterocycles. The van der Waals surface area contributed by atoms with E-state index in [1.807, 2.05) is 12.1 Å². The van der Waals surface area contributed by atoms with Crippen LogP contribution in [0.5, 0.6) is 5.75 Å². The van der Waals surface area contributed by atoms with Gasteiger partial charge in [-0.3, -0.25) is 0 Å². The molecule has 0 saturated carbocycles. The lowest BCUT2D eigenvalue weighted by molar-refractivity contribution is 0.415. The molecule has 3 aromatic rings. The van der Waals surface area contributed by atoms with Crippen LogP contribution >= 0.6 is 0 Å². The molecule has 0 amide bonds. The van der Waals surface area contributed by atoms with Gasteiger partial charge in [0.25, 0.3) is 0 Å². The van der Waals surface area contributed by atoms with Crippen molar-refractivity contribution in [1.29, 1.82) is 0 Å². The first kappa shape index (κ1) is 23.1. The predicted molar refractivity (Wildman–Crippen MR) is 133 cm³/mol. The minimum atomic E-state index is 0.880. The van der Waals surface area contributed by atoms with Gasteiger partial charge in [0.1, 0.15) is 11.6 Å². The molecule has 0 spiro atoms. The number of aromatic nitrogens is 2. The van der Waals surface area contributed by atoms with Gasteiger partial charge in [-0.1, -0.05) is 95.1 Å². The summed E-state index contributed by atoms with van der Waals surface area (Å²) in [5, 5.41) is 0. The Kier molecular flexibility index (Phi) is 9.69. The van der Waals surface area contributed by atoms with Crippen molar-refractivity contribution in [2.24, 2.45) is 0 Å². The number of methoxy groups -OCH3 is 1. The number of ether oxygens (including phenoxy) is 1. The number of rotatable bonds is 14. The Labute approximate surface area is 188 Å². The van der Waals surface area contributed by atoms with Crippen LogP contribution in [0.15, 0.2) is 48.5 Å². The molecule has 0 saturated heterocycles. The highest BCUT2D eigenvalue weighted by molar-refractivity contribution is 5.79. The maximum absolute atomic E-state index is 5.25. The van der Waals surface area contributed by atoms with Gasteiger partial charge in [-0.25, -0.2) is 4.98 Å². The summed E-state index contributed by atoms with van der Waals surface area (Å²) in [5.41, 5.74) is 3.45. The van der Waals surface area contributed by atoms with Crippen LogP contribution < -0.4 is 4.74 Å². The van der Waals surface area contributed by atoms with E-state index in [0.29, 0.717) is 0 Å². The molecule has 0 unspecified atom stereocenters. The van der Waals surface area contributed by atoms with Gasteiger partial charge in [-0.05, 0) is 42.3 Å². The summed E-state index contributed by atoms with van der Waals surface area (Å²) in [6.07, 6.45) is 17.9. The number of imidazole rings is 1. The standard InChI is InChI=1S/C28H38N2O/c1-3-4-5-6-7-8-9-10-11-14-23-30-27-16-13-12-15-26(27)29-28(30)22-19-24-17-20-25(31-2)21-18-24/h12-13,15-22H,3-11,14,23H2,1-2H3/b22-19+. The van der Waals surface area contributed by atoms with Crippen molar-refractivity contribution in [3.05, 3.63) is 59.9 Å². The Balaban J connectivity index is 1.53. The van der Waals surface area contributed by atoms with Crippen LogP contribution in [0.1, 0.15) is 82.5 Å². The minimum Gasteiger partial charge on any atom is -0.497 e. The van der Waals surface area contributed by atoms with Crippen molar-refractivity contribution in [2.75, 3.05) is 7.11 Å². The van der Waals surface area contributed by atoms with Crippen LogP contribution in [-0.4, -0.2) is 16.7 Å². The number of unbranched alkanes of at least 4 members (excludes halogenated alkanes) is 9. The van der Waals surface area contributed by atoms with Crippen LogP contribution in [0.25, 0.3) is 23.2 Å². The van der Waals surface area contributed by atoms with Gasteiger partial charge in [-0.2, -0.15) is 0 Å². The lowest BCUT2D eigenvalue weighted by Gasteiger charge is -2.07. The van der Waals surface area contributed by atoms with Crippen molar-refractivity contribution in [3.8, 4) is 5.75 Å². The summed E-state index contributed by atoms with van der Waals surface area (Å²) in [6, 6.07) is 16.6.